The van der Waals surface area contributed by atoms with Crippen molar-refractivity contribution in [3.05, 3.63) is 11.5 Å². The summed E-state index contributed by atoms with van der Waals surface area (Å²) < 4.78 is 1.44. The zero-order valence-corrected chi connectivity index (χ0v) is 19.9. The van der Waals surface area contributed by atoms with E-state index in [9.17, 15) is 19.2 Å². The standard InChI is InChI=1S/C23H34N4O4S/c1-3-5-12-25-21(29)17-8-6-16(7-9-17)14-27-22(30)20-18(10-13-32-20)26(23(27)31)15-19(28)24-11-4-2/h10,13,16-17,20H,3-9,11-12,14-15H2,1-2H3,(H-,24,25,28,29)/p+1. The molecule has 3 aliphatic rings. The molecule has 1 saturated carbocycles. The highest BCUT2D eigenvalue weighted by molar-refractivity contribution is 8.04. The van der Waals surface area contributed by atoms with Gasteiger partial charge in [0.1, 0.15) is 12.3 Å². The van der Waals surface area contributed by atoms with E-state index in [0.29, 0.717) is 18.8 Å². The number of unbranched alkanes of at least 4 members (excludes halogenated alkanes) is 1. The van der Waals surface area contributed by atoms with Gasteiger partial charge in [0, 0.05) is 19.0 Å². The molecule has 1 fully saturated rings. The molecule has 1 unspecified atom stereocenters. The van der Waals surface area contributed by atoms with E-state index in [0.717, 1.165) is 51.5 Å². The lowest BCUT2D eigenvalue weighted by atomic mass is 9.81. The topological polar surface area (TPSA) is 98.6 Å². The molecule has 9 heteroatoms. The molecule has 5 amide bonds. The van der Waals surface area contributed by atoms with Gasteiger partial charge in [-0.1, -0.05) is 20.3 Å². The number of hydrogen-bond acceptors (Lipinski definition) is 5. The fraction of sp³-hybridized carbons (Fsp3) is 0.696. The van der Waals surface area contributed by atoms with Crippen LogP contribution >= 0.6 is 11.8 Å². The highest BCUT2D eigenvalue weighted by Gasteiger charge is 2.50. The van der Waals surface area contributed by atoms with Crippen LogP contribution in [0.15, 0.2) is 11.5 Å². The van der Waals surface area contributed by atoms with Gasteiger partial charge in [-0.3, -0.25) is 9.59 Å². The third-order valence-corrected chi connectivity index (χ3v) is 7.36. The van der Waals surface area contributed by atoms with Gasteiger partial charge in [-0.05, 0) is 55.9 Å². The predicted octanol–water partition coefficient (Wildman–Crippen LogP) is 2.28. The quantitative estimate of drug-likeness (QED) is 0.383. The maximum Gasteiger partial charge on any atom is 0.501 e. The van der Waals surface area contributed by atoms with Gasteiger partial charge >= 0.3 is 11.9 Å². The minimum atomic E-state index is -0.465. The first-order chi connectivity index (χ1) is 15.5. The van der Waals surface area contributed by atoms with Crippen LogP contribution in [0.2, 0.25) is 0 Å². The smallest absolute Gasteiger partial charge is 0.356 e. The lowest BCUT2D eigenvalue weighted by Gasteiger charge is -2.30. The van der Waals surface area contributed by atoms with Gasteiger partial charge in [0.15, 0.2) is 11.8 Å². The van der Waals surface area contributed by atoms with Gasteiger partial charge in [-0.25, -0.2) is 4.79 Å². The fourth-order valence-electron chi connectivity index (χ4n) is 4.44. The zero-order chi connectivity index (χ0) is 23.1. The number of allylic oxidation sites excluding steroid dienone is 1. The average molecular weight is 464 g/mol. The monoisotopic (exact) mass is 463 g/mol. The van der Waals surface area contributed by atoms with Crippen molar-refractivity contribution in [3.8, 4) is 0 Å². The Morgan fingerprint density at radius 3 is 2.53 bits per heavy atom. The SMILES string of the molecule is CCCCNC(=O)C1CCC(CN2C(=O)C3SC=CC3=[N+](CC(=O)NCCC)C2=O)CC1. The highest BCUT2D eigenvalue weighted by Crippen LogP contribution is 2.32. The molecule has 0 saturated heterocycles. The van der Waals surface area contributed by atoms with E-state index in [1.807, 2.05) is 12.3 Å². The summed E-state index contributed by atoms with van der Waals surface area (Å²) in [6.45, 7) is 5.61. The lowest BCUT2D eigenvalue weighted by molar-refractivity contribution is -0.426. The van der Waals surface area contributed by atoms with Crippen molar-refractivity contribution >= 4 is 41.2 Å². The Hall–Kier alpha value is -2.16. The first-order valence-corrected chi connectivity index (χ1v) is 12.8. The molecule has 0 aromatic heterocycles. The molecule has 2 aliphatic heterocycles. The van der Waals surface area contributed by atoms with E-state index in [4.69, 9.17) is 0 Å². The molecule has 1 aliphatic carbocycles. The third kappa shape index (κ3) is 5.79. The maximum atomic E-state index is 13.2. The van der Waals surface area contributed by atoms with Crippen molar-refractivity contribution in [1.29, 1.82) is 0 Å². The van der Waals surface area contributed by atoms with Crippen LogP contribution in [0.1, 0.15) is 58.8 Å². The molecule has 176 valence electrons. The van der Waals surface area contributed by atoms with Crippen LogP contribution < -0.4 is 10.6 Å². The maximum absolute atomic E-state index is 13.2. The van der Waals surface area contributed by atoms with E-state index in [1.54, 1.807) is 6.08 Å². The molecule has 3 rings (SSSR count). The largest absolute Gasteiger partial charge is 0.501 e. The number of fused-ring (bicyclic) bond motifs is 1. The number of hydrogen-bond donors (Lipinski definition) is 2. The van der Waals surface area contributed by atoms with Crippen LogP contribution in [0.25, 0.3) is 0 Å². The Balaban J connectivity index is 1.60. The summed E-state index contributed by atoms with van der Waals surface area (Å²) in [6.07, 6.45) is 7.80. The molecular formula is C23H35N4O4S+. The molecule has 0 radical (unpaired) electrons. The minimum Gasteiger partial charge on any atom is -0.356 e. The Labute approximate surface area is 194 Å². The second-order valence-electron chi connectivity index (χ2n) is 8.77. The van der Waals surface area contributed by atoms with Crippen LogP contribution in [0, 0.1) is 11.8 Å². The average Bonchev–Trinajstić information content (AvgIpc) is 3.28. The minimum absolute atomic E-state index is 0.0177. The van der Waals surface area contributed by atoms with E-state index >= 15 is 0 Å². The van der Waals surface area contributed by atoms with Gasteiger partial charge in [0.2, 0.25) is 5.91 Å². The summed E-state index contributed by atoms with van der Waals surface area (Å²) in [5.41, 5.74) is 0.598. The molecular weight excluding hydrogens is 428 g/mol. The van der Waals surface area contributed by atoms with Gasteiger partial charge in [-0.2, -0.15) is 14.3 Å². The second-order valence-corrected chi connectivity index (χ2v) is 9.79. The molecule has 8 nitrogen and oxygen atoms in total. The Kier molecular flexibility index (Phi) is 8.90. The van der Waals surface area contributed by atoms with Gasteiger partial charge < -0.3 is 10.6 Å². The van der Waals surface area contributed by atoms with Crippen molar-refractivity contribution in [2.24, 2.45) is 11.8 Å². The number of amides is 5. The summed E-state index contributed by atoms with van der Waals surface area (Å²) in [6, 6.07) is -0.417. The van der Waals surface area contributed by atoms with Crippen molar-refractivity contribution in [3.63, 3.8) is 0 Å². The summed E-state index contributed by atoms with van der Waals surface area (Å²) in [4.78, 5) is 52.2. The molecule has 32 heavy (non-hydrogen) atoms. The number of thioether (sulfide) groups is 1. The molecule has 0 aromatic carbocycles. The number of urea groups is 1. The molecule has 0 aromatic rings. The van der Waals surface area contributed by atoms with Crippen LogP contribution in [-0.4, -0.2) is 70.4 Å². The second kappa shape index (κ2) is 11.6. The van der Waals surface area contributed by atoms with Gasteiger partial charge in [0.25, 0.3) is 5.91 Å². The van der Waals surface area contributed by atoms with Crippen molar-refractivity contribution in [2.75, 3.05) is 26.2 Å². The molecule has 2 heterocycles. The number of rotatable bonds is 10. The zero-order valence-electron chi connectivity index (χ0n) is 19.1. The predicted molar refractivity (Wildman–Crippen MR) is 124 cm³/mol. The van der Waals surface area contributed by atoms with E-state index in [-0.39, 0.29) is 36.1 Å². The fourth-order valence-corrected chi connectivity index (χ4v) is 5.41. The van der Waals surface area contributed by atoms with Gasteiger partial charge in [0.05, 0.1) is 0 Å². The number of carbonyl (C=O) groups excluding carboxylic acids is 4. The van der Waals surface area contributed by atoms with E-state index < -0.39 is 11.3 Å². The van der Waals surface area contributed by atoms with Crippen LogP contribution in [0.3, 0.4) is 0 Å². The first kappa shape index (κ1) is 24.5. The first-order valence-electron chi connectivity index (χ1n) is 11.8. The number of nitrogens with one attached hydrogen (secondary N) is 2. The van der Waals surface area contributed by atoms with E-state index in [1.165, 1.54) is 21.2 Å². The van der Waals surface area contributed by atoms with Crippen molar-refractivity contribution in [2.45, 2.75) is 64.0 Å². The third-order valence-electron chi connectivity index (χ3n) is 6.35. The summed E-state index contributed by atoms with van der Waals surface area (Å²) in [5.74, 6) is -0.104. The van der Waals surface area contributed by atoms with Crippen LogP contribution in [-0.2, 0) is 14.4 Å². The Morgan fingerprint density at radius 1 is 1.09 bits per heavy atom. The van der Waals surface area contributed by atoms with Crippen LogP contribution in [0.4, 0.5) is 4.79 Å². The summed E-state index contributed by atoms with van der Waals surface area (Å²) in [5, 5.41) is 7.16. The molecule has 1 atom stereocenters. The normalized spacial score (nSPS) is 25.2. The van der Waals surface area contributed by atoms with Gasteiger partial charge in [-0.15, -0.1) is 11.8 Å². The van der Waals surface area contributed by atoms with Crippen molar-refractivity contribution in [1.82, 2.24) is 15.5 Å². The molecule has 2 N–H and O–H groups in total. The van der Waals surface area contributed by atoms with Crippen LogP contribution in [0.5, 0.6) is 0 Å². The Bertz CT molecular complexity index is 802. The molecule has 0 spiro atoms. The number of imide groups is 1. The van der Waals surface area contributed by atoms with E-state index in [2.05, 4.69) is 17.6 Å². The highest BCUT2D eigenvalue weighted by atomic mass is 32.2. The summed E-state index contributed by atoms with van der Waals surface area (Å²) >= 11 is 1.38. The number of nitrogens with zero attached hydrogens (tertiary/aromatic N) is 2. The Morgan fingerprint density at radius 2 is 1.84 bits per heavy atom. The lowest BCUT2D eigenvalue weighted by Crippen LogP contribution is -2.57. The van der Waals surface area contributed by atoms with Crippen molar-refractivity contribution < 1.29 is 23.8 Å². The molecule has 0 bridgehead atoms. The summed E-state index contributed by atoms with van der Waals surface area (Å²) in [7, 11) is 0. The number of carbonyl (C=O) groups is 4.